The zero-order valence-electron chi connectivity index (χ0n) is 6.46. The summed E-state index contributed by atoms with van der Waals surface area (Å²) in [4.78, 5) is 0. The van der Waals surface area contributed by atoms with E-state index in [1.165, 1.54) is 6.21 Å². The Morgan fingerprint density at radius 3 is 2.50 bits per heavy atom. The minimum Gasteiger partial charge on any atom is -0.309 e. The van der Waals surface area contributed by atoms with Gasteiger partial charge in [-0.05, 0) is 25.5 Å². The highest BCUT2D eigenvalue weighted by atomic mass is 14.3. The average molecular weight is 135 g/mol. The quantitative estimate of drug-likeness (QED) is 0.454. The zero-order chi connectivity index (χ0) is 7.82. The Morgan fingerprint density at radius 1 is 1.30 bits per heavy atom. The van der Waals surface area contributed by atoms with Gasteiger partial charge in [0.25, 0.3) is 0 Å². The first-order chi connectivity index (χ1) is 4.81. The molecule has 0 atom stereocenters. The lowest BCUT2D eigenvalue weighted by Gasteiger charge is -1.83. The van der Waals surface area contributed by atoms with Gasteiger partial charge >= 0.3 is 0 Å². The monoisotopic (exact) mass is 135 g/mol. The molecule has 1 N–H and O–H groups in total. The molecule has 0 unspecified atom stereocenters. The van der Waals surface area contributed by atoms with Crippen molar-refractivity contribution in [3.8, 4) is 0 Å². The predicted molar refractivity (Wildman–Crippen MR) is 46.5 cm³/mol. The van der Waals surface area contributed by atoms with E-state index in [0.717, 1.165) is 5.57 Å². The number of allylic oxidation sites excluding steroid dienone is 6. The van der Waals surface area contributed by atoms with E-state index in [9.17, 15) is 0 Å². The lowest BCUT2D eigenvalue weighted by molar-refractivity contribution is 1.51. The largest absolute Gasteiger partial charge is 0.309 e. The van der Waals surface area contributed by atoms with Crippen molar-refractivity contribution in [3.05, 3.63) is 36.0 Å². The van der Waals surface area contributed by atoms with Gasteiger partial charge in [0, 0.05) is 6.21 Å². The smallest absolute Gasteiger partial charge is 0.0180 e. The molecule has 0 heterocycles. The number of nitrogens with one attached hydrogen (secondary N) is 1. The van der Waals surface area contributed by atoms with Crippen molar-refractivity contribution in [1.82, 2.24) is 0 Å². The first-order valence-electron chi connectivity index (χ1n) is 3.28. The minimum absolute atomic E-state index is 1.09. The molecule has 0 aliphatic heterocycles. The third-order valence-electron chi connectivity index (χ3n) is 1.01. The summed E-state index contributed by atoms with van der Waals surface area (Å²) in [5.41, 5.74) is 1.09. The zero-order valence-corrected chi connectivity index (χ0v) is 6.46. The van der Waals surface area contributed by atoms with Crippen LogP contribution in [0.2, 0.25) is 0 Å². The topological polar surface area (TPSA) is 23.9 Å². The van der Waals surface area contributed by atoms with Crippen LogP contribution < -0.4 is 0 Å². The molecule has 0 aromatic heterocycles. The summed E-state index contributed by atoms with van der Waals surface area (Å²) in [6.07, 6.45) is 10.9. The Balaban J connectivity index is 3.88. The average Bonchev–Trinajstić information content (AvgIpc) is 1.89. The van der Waals surface area contributed by atoms with Gasteiger partial charge in [-0.1, -0.05) is 24.3 Å². The van der Waals surface area contributed by atoms with E-state index in [4.69, 9.17) is 5.41 Å². The molecule has 10 heavy (non-hydrogen) atoms. The van der Waals surface area contributed by atoms with Gasteiger partial charge in [0.1, 0.15) is 0 Å². The summed E-state index contributed by atoms with van der Waals surface area (Å²) in [5, 5.41) is 6.76. The summed E-state index contributed by atoms with van der Waals surface area (Å²) in [7, 11) is 0. The maximum absolute atomic E-state index is 6.76. The second kappa shape index (κ2) is 6.02. The van der Waals surface area contributed by atoms with E-state index < -0.39 is 0 Å². The van der Waals surface area contributed by atoms with Crippen LogP contribution in [-0.4, -0.2) is 6.21 Å². The van der Waals surface area contributed by atoms with Crippen molar-refractivity contribution < 1.29 is 0 Å². The van der Waals surface area contributed by atoms with Crippen molar-refractivity contribution in [2.75, 3.05) is 0 Å². The maximum Gasteiger partial charge on any atom is 0.0180 e. The second-order valence-electron chi connectivity index (χ2n) is 1.96. The Labute approximate surface area is 62.3 Å². The van der Waals surface area contributed by atoms with Gasteiger partial charge in [-0.15, -0.1) is 0 Å². The van der Waals surface area contributed by atoms with Gasteiger partial charge in [-0.2, -0.15) is 0 Å². The summed E-state index contributed by atoms with van der Waals surface area (Å²) < 4.78 is 0. The van der Waals surface area contributed by atoms with Gasteiger partial charge in [0.05, 0.1) is 0 Å². The van der Waals surface area contributed by atoms with Crippen LogP contribution in [0.1, 0.15) is 13.8 Å². The van der Waals surface area contributed by atoms with E-state index in [1.54, 1.807) is 6.08 Å². The predicted octanol–water partition coefficient (Wildman–Crippen LogP) is 2.71. The third-order valence-corrected chi connectivity index (χ3v) is 1.01. The van der Waals surface area contributed by atoms with Gasteiger partial charge in [0.15, 0.2) is 0 Å². The number of hydrogen-bond donors (Lipinski definition) is 1. The van der Waals surface area contributed by atoms with Crippen LogP contribution >= 0.6 is 0 Å². The van der Waals surface area contributed by atoms with Crippen molar-refractivity contribution in [2.45, 2.75) is 13.8 Å². The summed E-state index contributed by atoms with van der Waals surface area (Å²) in [6, 6.07) is 0. The van der Waals surface area contributed by atoms with Crippen molar-refractivity contribution >= 4 is 6.21 Å². The van der Waals surface area contributed by atoms with Crippen LogP contribution in [0.15, 0.2) is 36.0 Å². The molecule has 0 aliphatic rings. The van der Waals surface area contributed by atoms with Crippen molar-refractivity contribution in [3.63, 3.8) is 0 Å². The highest BCUT2D eigenvalue weighted by molar-refractivity contribution is 5.69. The summed E-state index contributed by atoms with van der Waals surface area (Å²) in [5.74, 6) is 0. The van der Waals surface area contributed by atoms with E-state index in [1.807, 2.05) is 38.2 Å². The van der Waals surface area contributed by atoms with Gasteiger partial charge < -0.3 is 5.41 Å². The molecule has 1 nitrogen and oxygen atoms in total. The first-order valence-corrected chi connectivity index (χ1v) is 3.28. The summed E-state index contributed by atoms with van der Waals surface area (Å²) in [6.45, 7) is 3.94. The van der Waals surface area contributed by atoms with Crippen LogP contribution in [0.3, 0.4) is 0 Å². The Bertz CT molecular complexity index is 173. The molecule has 0 aromatic rings. The highest BCUT2D eigenvalue weighted by Crippen LogP contribution is 1.92. The molecule has 0 radical (unpaired) electrons. The third kappa shape index (κ3) is 5.04. The molecule has 0 spiro atoms. The molecular formula is C9H13N. The Morgan fingerprint density at radius 2 is 2.00 bits per heavy atom. The van der Waals surface area contributed by atoms with E-state index >= 15 is 0 Å². The molecule has 0 aliphatic carbocycles. The molecule has 0 fully saturated rings. The minimum atomic E-state index is 1.09. The molecule has 0 rings (SSSR count). The maximum atomic E-state index is 6.76. The van der Waals surface area contributed by atoms with E-state index in [-0.39, 0.29) is 0 Å². The SMILES string of the molecule is C/C=C/C=C\C(C)=C/C=N. The Hall–Kier alpha value is -1.11. The van der Waals surface area contributed by atoms with Gasteiger partial charge in [0.2, 0.25) is 0 Å². The number of rotatable bonds is 3. The number of hydrogen-bond acceptors (Lipinski definition) is 1. The van der Waals surface area contributed by atoms with Crippen molar-refractivity contribution in [2.24, 2.45) is 0 Å². The van der Waals surface area contributed by atoms with Crippen LogP contribution in [0.4, 0.5) is 0 Å². The molecule has 54 valence electrons. The molecule has 0 saturated carbocycles. The fourth-order valence-corrected chi connectivity index (χ4v) is 0.505. The van der Waals surface area contributed by atoms with Crippen LogP contribution in [0.25, 0.3) is 0 Å². The van der Waals surface area contributed by atoms with Gasteiger partial charge in [-0.25, -0.2) is 0 Å². The standard InChI is InChI=1S/C9H13N/c1-3-4-5-6-9(2)7-8-10/h3-8,10H,1-2H3/b4-3+,6-5-,9-7-,10-8?. The van der Waals surface area contributed by atoms with Crippen LogP contribution in [-0.2, 0) is 0 Å². The van der Waals surface area contributed by atoms with Crippen LogP contribution in [0, 0.1) is 5.41 Å². The summed E-state index contributed by atoms with van der Waals surface area (Å²) >= 11 is 0. The molecule has 0 saturated heterocycles. The Kier molecular flexibility index (Phi) is 5.35. The second-order valence-corrected chi connectivity index (χ2v) is 1.96. The first kappa shape index (κ1) is 8.89. The molecule has 0 aromatic carbocycles. The van der Waals surface area contributed by atoms with Crippen molar-refractivity contribution in [1.29, 1.82) is 5.41 Å². The highest BCUT2D eigenvalue weighted by Gasteiger charge is 1.73. The molecule has 1 heteroatoms. The lowest BCUT2D eigenvalue weighted by Crippen LogP contribution is -1.67. The van der Waals surface area contributed by atoms with Gasteiger partial charge in [-0.3, -0.25) is 0 Å². The van der Waals surface area contributed by atoms with Crippen LogP contribution in [0.5, 0.6) is 0 Å². The van der Waals surface area contributed by atoms with E-state index in [2.05, 4.69) is 0 Å². The fraction of sp³-hybridized carbons (Fsp3) is 0.222. The molecule has 0 bridgehead atoms. The fourth-order valence-electron chi connectivity index (χ4n) is 0.505. The normalized spacial score (nSPS) is 13.2. The molecule has 0 amide bonds. The molecular weight excluding hydrogens is 122 g/mol. The van der Waals surface area contributed by atoms with E-state index in [0.29, 0.717) is 0 Å². The lowest BCUT2D eigenvalue weighted by atomic mass is 10.2.